The third-order valence-corrected chi connectivity index (χ3v) is 11.0. The van der Waals surface area contributed by atoms with Gasteiger partial charge in [0.15, 0.2) is 5.78 Å². The number of fused-ring (bicyclic) bond motifs is 1. The SMILES string of the molecule is CC(=O)c1ccccc1CC[C@@H](SCC1(CC(=O)N(C)c2ccccc2)CC1)c1cccc(/C=C/c2ccc3ccc(Cl)cc3n2)c1. The molecule has 238 valence electrons. The number of ketones is 1. The first-order valence-corrected chi connectivity index (χ1v) is 17.6. The Kier molecular flexibility index (Phi) is 10.2. The van der Waals surface area contributed by atoms with Gasteiger partial charge in [0.1, 0.15) is 0 Å². The van der Waals surface area contributed by atoms with E-state index in [1.54, 1.807) is 11.8 Å². The number of hydrogen-bond acceptors (Lipinski definition) is 4. The topological polar surface area (TPSA) is 50.3 Å². The second-order valence-corrected chi connectivity index (χ2v) is 14.2. The van der Waals surface area contributed by atoms with Gasteiger partial charge in [-0.1, -0.05) is 96.5 Å². The van der Waals surface area contributed by atoms with Crippen LogP contribution in [0.4, 0.5) is 5.69 Å². The number of thioether (sulfide) groups is 1. The summed E-state index contributed by atoms with van der Waals surface area (Å²) in [6, 6.07) is 36.3. The van der Waals surface area contributed by atoms with Gasteiger partial charge in [0, 0.05) is 46.1 Å². The zero-order valence-electron chi connectivity index (χ0n) is 26.9. The standard InChI is InChI=1S/C41H39ClN2O2S/c1-29(45)37-14-7-6-10-31(37)18-22-39(47-28-41(23-24-41)27-40(46)44(2)36-12-4-3-5-13-36)33-11-8-9-30(25-33)15-20-35-21-17-32-16-19-34(42)26-38(32)43-35/h3-17,19-21,25-26,39H,18,22-24,27-28H2,1-2H3/b20-15+/t39-/m1/s1. The van der Waals surface area contributed by atoms with Gasteiger partial charge in [-0.05, 0) is 91.1 Å². The summed E-state index contributed by atoms with van der Waals surface area (Å²) in [5, 5.41) is 1.94. The minimum absolute atomic E-state index is 0.0303. The van der Waals surface area contributed by atoms with Crippen molar-refractivity contribution in [1.29, 1.82) is 0 Å². The molecule has 0 N–H and O–H groups in total. The fourth-order valence-electron chi connectivity index (χ4n) is 6.02. The fourth-order valence-corrected chi connectivity index (χ4v) is 7.75. The number of pyridine rings is 1. The first kappa shape index (κ1) is 32.7. The Balaban J connectivity index is 1.20. The lowest BCUT2D eigenvalue weighted by Gasteiger charge is -2.24. The van der Waals surface area contributed by atoms with Crippen molar-refractivity contribution in [2.24, 2.45) is 5.41 Å². The van der Waals surface area contributed by atoms with Crippen LogP contribution in [0.5, 0.6) is 0 Å². The van der Waals surface area contributed by atoms with Crippen LogP contribution in [0.3, 0.4) is 0 Å². The van der Waals surface area contributed by atoms with Crippen LogP contribution in [0.1, 0.15) is 70.6 Å². The first-order valence-electron chi connectivity index (χ1n) is 16.2. The number of benzene rings is 4. The Morgan fingerprint density at radius 3 is 2.47 bits per heavy atom. The molecule has 0 unspecified atom stereocenters. The number of Topliss-reactive ketones (excluding diaryl/α,β-unsaturated/α-hetero) is 1. The van der Waals surface area contributed by atoms with Crippen molar-refractivity contribution in [2.45, 2.75) is 44.3 Å². The molecule has 1 amide bonds. The van der Waals surface area contributed by atoms with E-state index in [4.69, 9.17) is 16.6 Å². The van der Waals surface area contributed by atoms with E-state index in [0.29, 0.717) is 11.4 Å². The van der Waals surface area contributed by atoms with Crippen LogP contribution in [-0.2, 0) is 11.2 Å². The number of carbonyl (C=O) groups is 2. The molecule has 5 aromatic rings. The van der Waals surface area contributed by atoms with Gasteiger partial charge < -0.3 is 4.90 Å². The van der Waals surface area contributed by atoms with Crippen molar-refractivity contribution in [3.63, 3.8) is 0 Å². The molecule has 1 atom stereocenters. The van der Waals surface area contributed by atoms with E-state index in [9.17, 15) is 9.59 Å². The number of carbonyl (C=O) groups excluding carboxylic acids is 2. The summed E-state index contributed by atoms with van der Waals surface area (Å²) in [5.41, 5.74) is 6.94. The van der Waals surface area contributed by atoms with Crippen LogP contribution < -0.4 is 4.90 Å². The maximum atomic E-state index is 13.3. The molecule has 1 heterocycles. The van der Waals surface area contributed by atoms with Crippen LogP contribution in [0.15, 0.2) is 109 Å². The average molecular weight is 659 g/mol. The molecule has 6 heteroatoms. The van der Waals surface area contributed by atoms with Crippen molar-refractivity contribution < 1.29 is 9.59 Å². The zero-order valence-corrected chi connectivity index (χ0v) is 28.4. The maximum absolute atomic E-state index is 13.3. The van der Waals surface area contributed by atoms with Gasteiger partial charge in [-0.2, -0.15) is 11.8 Å². The molecule has 4 nitrogen and oxygen atoms in total. The lowest BCUT2D eigenvalue weighted by Crippen LogP contribution is -2.29. The summed E-state index contributed by atoms with van der Waals surface area (Å²) in [6.45, 7) is 1.64. The molecule has 47 heavy (non-hydrogen) atoms. The van der Waals surface area contributed by atoms with Crippen LogP contribution in [0.2, 0.25) is 5.02 Å². The number of aromatic nitrogens is 1. The summed E-state index contributed by atoms with van der Waals surface area (Å²) in [4.78, 5) is 32.2. The number of hydrogen-bond donors (Lipinski definition) is 0. The van der Waals surface area contributed by atoms with Crippen LogP contribution in [-0.4, -0.2) is 29.5 Å². The molecule has 1 fully saturated rings. The van der Waals surface area contributed by atoms with E-state index >= 15 is 0 Å². The second-order valence-electron chi connectivity index (χ2n) is 12.6. The number of anilines is 1. The molecular weight excluding hydrogens is 620 g/mol. The molecule has 1 aliphatic rings. The first-order chi connectivity index (χ1) is 22.8. The Hall–Kier alpha value is -4.19. The summed E-state index contributed by atoms with van der Waals surface area (Å²) < 4.78 is 0. The number of nitrogens with zero attached hydrogens (tertiary/aromatic N) is 2. The fraction of sp³-hybridized carbons (Fsp3) is 0.244. The van der Waals surface area contributed by atoms with Crippen molar-refractivity contribution in [3.05, 3.63) is 142 Å². The van der Waals surface area contributed by atoms with E-state index in [0.717, 1.165) is 70.4 Å². The van der Waals surface area contributed by atoms with Gasteiger partial charge in [-0.3, -0.25) is 9.59 Å². The molecule has 0 radical (unpaired) electrons. The number of aryl methyl sites for hydroxylation is 1. The van der Waals surface area contributed by atoms with Gasteiger partial charge in [-0.15, -0.1) is 0 Å². The zero-order chi connectivity index (χ0) is 32.8. The Morgan fingerprint density at radius 1 is 0.915 bits per heavy atom. The number of para-hydroxylation sites is 1. The molecule has 0 aliphatic heterocycles. The lowest BCUT2D eigenvalue weighted by atomic mass is 9.97. The highest BCUT2D eigenvalue weighted by Crippen LogP contribution is 2.53. The number of rotatable bonds is 13. The highest BCUT2D eigenvalue weighted by Gasteiger charge is 2.45. The molecule has 6 rings (SSSR count). The normalized spacial score (nSPS) is 14.3. The summed E-state index contributed by atoms with van der Waals surface area (Å²) in [6.07, 6.45) is 8.54. The van der Waals surface area contributed by atoms with E-state index in [1.165, 1.54) is 5.56 Å². The van der Waals surface area contributed by atoms with Crippen LogP contribution >= 0.6 is 23.4 Å². The van der Waals surface area contributed by atoms with E-state index < -0.39 is 0 Å². The summed E-state index contributed by atoms with van der Waals surface area (Å²) in [5.74, 6) is 1.18. The van der Waals surface area contributed by atoms with E-state index in [-0.39, 0.29) is 22.4 Å². The quantitative estimate of drug-likeness (QED) is 0.118. The summed E-state index contributed by atoms with van der Waals surface area (Å²) >= 11 is 8.15. The molecule has 1 saturated carbocycles. The van der Waals surface area contributed by atoms with Gasteiger partial charge in [0.2, 0.25) is 5.91 Å². The van der Waals surface area contributed by atoms with E-state index in [2.05, 4.69) is 42.5 Å². The highest BCUT2D eigenvalue weighted by molar-refractivity contribution is 7.99. The largest absolute Gasteiger partial charge is 0.315 e. The molecule has 0 bridgehead atoms. The molecular formula is C41H39ClN2O2S. The monoisotopic (exact) mass is 658 g/mol. The van der Waals surface area contributed by atoms with Gasteiger partial charge in [0.05, 0.1) is 11.2 Å². The highest BCUT2D eigenvalue weighted by atomic mass is 35.5. The van der Waals surface area contributed by atoms with Crippen LogP contribution in [0, 0.1) is 5.41 Å². The smallest absolute Gasteiger partial charge is 0.227 e. The Labute approximate surface area is 286 Å². The minimum atomic E-state index is 0.0303. The third-order valence-electron chi connectivity index (χ3n) is 9.07. The summed E-state index contributed by atoms with van der Waals surface area (Å²) in [7, 11) is 1.87. The molecule has 0 spiro atoms. The Bertz CT molecular complexity index is 1920. The van der Waals surface area contributed by atoms with Crippen molar-refractivity contribution in [1.82, 2.24) is 4.98 Å². The van der Waals surface area contributed by atoms with Crippen molar-refractivity contribution in [3.8, 4) is 0 Å². The predicted octanol–water partition coefficient (Wildman–Crippen LogP) is 10.5. The van der Waals surface area contributed by atoms with Gasteiger partial charge in [0.25, 0.3) is 0 Å². The van der Waals surface area contributed by atoms with Crippen molar-refractivity contribution >= 4 is 63.8 Å². The van der Waals surface area contributed by atoms with E-state index in [1.807, 2.05) is 97.7 Å². The number of halogens is 1. The average Bonchev–Trinajstić information content (AvgIpc) is 3.86. The second kappa shape index (κ2) is 14.7. The van der Waals surface area contributed by atoms with Crippen LogP contribution in [0.25, 0.3) is 23.1 Å². The van der Waals surface area contributed by atoms with Crippen molar-refractivity contribution in [2.75, 3.05) is 17.7 Å². The minimum Gasteiger partial charge on any atom is -0.315 e. The Morgan fingerprint density at radius 2 is 1.68 bits per heavy atom. The lowest BCUT2D eigenvalue weighted by molar-refractivity contribution is -0.119. The maximum Gasteiger partial charge on any atom is 0.227 e. The number of amides is 1. The molecule has 4 aromatic carbocycles. The van der Waals surface area contributed by atoms with Gasteiger partial charge >= 0.3 is 0 Å². The third kappa shape index (κ3) is 8.40. The molecule has 1 aliphatic carbocycles. The van der Waals surface area contributed by atoms with Gasteiger partial charge in [-0.25, -0.2) is 4.98 Å². The molecule has 1 aromatic heterocycles. The predicted molar refractivity (Wildman–Crippen MR) is 198 cm³/mol. The molecule has 0 saturated heterocycles.